The van der Waals surface area contributed by atoms with E-state index in [1.165, 1.54) is 12.8 Å². The van der Waals surface area contributed by atoms with E-state index in [0.717, 1.165) is 17.9 Å². The molecule has 1 aliphatic rings. The number of nitrogens with one attached hydrogen (secondary N) is 2. The Morgan fingerprint density at radius 3 is 2.47 bits per heavy atom. The molecule has 0 aromatic heterocycles. The fourth-order valence-corrected chi connectivity index (χ4v) is 2.70. The van der Waals surface area contributed by atoms with Gasteiger partial charge in [0.25, 0.3) is 0 Å². The van der Waals surface area contributed by atoms with E-state index in [1.54, 1.807) is 6.07 Å². The molecule has 0 unspecified atom stereocenters. The first-order valence-electron chi connectivity index (χ1n) is 5.77. The van der Waals surface area contributed by atoms with Crippen molar-refractivity contribution in [2.75, 3.05) is 16.3 Å². The van der Waals surface area contributed by atoms with Crippen LogP contribution < -0.4 is 10.0 Å². The molecule has 0 amide bonds. The van der Waals surface area contributed by atoms with Crippen LogP contribution >= 0.6 is 0 Å². The molecule has 2 rings (SSSR count). The van der Waals surface area contributed by atoms with Crippen molar-refractivity contribution in [2.24, 2.45) is 5.92 Å². The Balaban J connectivity index is 2.01. The van der Waals surface area contributed by atoms with E-state index >= 15 is 0 Å². The summed E-state index contributed by atoms with van der Waals surface area (Å²) in [5.74, 6) is 0.796. The molecule has 1 saturated carbocycles. The van der Waals surface area contributed by atoms with E-state index < -0.39 is 10.0 Å². The highest BCUT2D eigenvalue weighted by molar-refractivity contribution is 7.92. The Kier molecular flexibility index (Phi) is 3.28. The van der Waals surface area contributed by atoms with Crippen LogP contribution in [0.5, 0.6) is 0 Å². The van der Waals surface area contributed by atoms with E-state index in [4.69, 9.17) is 0 Å². The molecule has 1 aliphatic carbocycles. The highest BCUT2D eigenvalue weighted by Gasteiger charge is 2.24. The second-order valence-corrected chi connectivity index (χ2v) is 6.62. The predicted octanol–water partition coefficient (Wildman–Crippen LogP) is 2.27. The summed E-state index contributed by atoms with van der Waals surface area (Å²) in [6.45, 7) is 2.24. The molecule has 94 valence electrons. The van der Waals surface area contributed by atoms with Gasteiger partial charge in [-0.3, -0.25) is 4.72 Å². The molecule has 1 fully saturated rings. The summed E-state index contributed by atoms with van der Waals surface area (Å²) >= 11 is 0. The minimum atomic E-state index is -3.20. The van der Waals surface area contributed by atoms with Gasteiger partial charge in [0.15, 0.2) is 0 Å². The molecule has 0 bridgehead atoms. The van der Waals surface area contributed by atoms with Crippen LogP contribution in [-0.4, -0.2) is 20.7 Å². The van der Waals surface area contributed by atoms with Crippen LogP contribution in [0.3, 0.4) is 0 Å². The van der Waals surface area contributed by atoms with Gasteiger partial charge in [0.05, 0.1) is 11.9 Å². The van der Waals surface area contributed by atoms with Gasteiger partial charge in [-0.2, -0.15) is 0 Å². The average Bonchev–Trinajstić information content (AvgIpc) is 2.13. The van der Waals surface area contributed by atoms with Gasteiger partial charge in [-0.25, -0.2) is 8.42 Å². The number of rotatable bonds is 4. The quantitative estimate of drug-likeness (QED) is 0.866. The summed E-state index contributed by atoms with van der Waals surface area (Å²) < 4.78 is 24.7. The molecule has 0 saturated heterocycles. The number of sulfonamides is 1. The molecule has 0 atom stereocenters. The van der Waals surface area contributed by atoms with Crippen LogP contribution in [0.15, 0.2) is 24.3 Å². The standard InChI is InChI=1S/C12H18N2O2S/c1-9-6-12(7-9)13-10-4-3-5-11(8-10)14-17(2,15)16/h3-5,8-9,12-14H,6-7H2,1-2H3. The highest BCUT2D eigenvalue weighted by atomic mass is 32.2. The van der Waals surface area contributed by atoms with Crippen molar-refractivity contribution >= 4 is 21.4 Å². The van der Waals surface area contributed by atoms with Gasteiger partial charge in [0.1, 0.15) is 0 Å². The lowest BCUT2D eigenvalue weighted by Gasteiger charge is -2.34. The summed E-state index contributed by atoms with van der Waals surface area (Å²) in [7, 11) is -3.20. The minimum absolute atomic E-state index is 0.526. The minimum Gasteiger partial charge on any atom is -0.382 e. The van der Waals surface area contributed by atoms with Crippen molar-refractivity contribution in [3.63, 3.8) is 0 Å². The third-order valence-electron chi connectivity index (χ3n) is 2.91. The molecule has 0 aliphatic heterocycles. The van der Waals surface area contributed by atoms with Gasteiger partial charge in [-0.15, -0.1) is 0 Å². The highest BCUT2D eigenvalue weighted by Crippen LogP contribution is 2.30. The van der Waals surface area contributed by atoms with Crippen LogP contribution in [0.2, 0.25) is 0 Å². The lowest BCUT2D eigenvalue weighted by atomic mass is 9.82. The molecule has 0 heterocycles. The van der Waals surface area contributed by atoms with E-state index in [1.807, 2.05) is 18.2 Å². The number of anilines is 2. The second kappa shape index (κ2) is 4.56. The predicted molar refractivity (Wildman–Crippen MR) is 70.7 cm³/mol. The van der Waals surface area contributed by atoms with Gasteiger partial charge >= 0.3 is 0 Å². The summed E-state index contributed by atoms with van der Waals surface area (Å²) in [6, 6.07) is 7.90. The monoisotopic (exact) mass is 254 g/mol. The smallest absolute Gasteiger partial charge is 0.229 e. The van der Waals surface area contributed by atoms with E-state index in [-0.39, 0.29) is 0 Å². The molecular weight excluding hydrogens is 236 g/mol. The molecular formula is C12H18N2O2S. The Morgan fingerprint density at radius 1 is 1.24 bits per heavy atom. The maximum absolute atomic E-state index is 11.1. The Hall–Kier alpha value is -1.23. The van der Waals surface area contributed by atoms with Crippen molar-refractivity contribution in [2.45, 2.75) is 25.8 Å². The Morgan fingerprint density at radius 2 is 1.88 bits per heavy atom. The molecule has 5 heteroatoms. The summed E-state index contributed by atoms with van der Waals surface area (Å²) in [4.78, 5) is 0. The van der Waals surface area contributed by atoms with Gasteiger partial charge < -0.3 is 5.32 Å². The van der Waals surface area contributed by atoms with E-state index in [2.05, 4.69) is 17.0 Å². The van der Waals surface area contributed by atoms with Crippen molar-refractivity contribution in [1.82, 2.24) is 0 Å². The number of hydrogen-bond acceptors (Lipinski definition) is 3. The SMILES string of the molecule is CC1CC(Nc2cccc(NS(C)(=O)=O)c2)C1. The van der Waals surface area contributed by atoms with E-state index in [0.29, 0.717) is 11.7 Å². The summed E-state index contributed by atoms with van der Waals surface area (Å²) in [5, 5.41) is 3.40. The van der Waals surface area contributed by atoms with Crippen LogP contribution in [0.25, 0.3) is 0 Å². The molecule has 17 heavy (non-hydrogen) atoms. The van der Waals surface area contributed by atoms with Gasteiger partial charge in [0.2, 0.25) is 10.0 Å². The normalized spacial score (nSPS) is 23.9. The first-order valence-corrected chi connectivity index (χ1v) is 7.66. The van der Waals surface area contributed by atoms with Crippen molar-refractivity contribution in [3.8, 4) is 0 Å². The van der Waals surface area contributed by atoms with Crippen LogP contribution in [-0.2, 0) is 10.0 Å². The van der Waals surface area contributed by atoms with Crippen LogP contribution in [0.4, 0.5) is 11.4 Å². The average molecular weight is 254 g/mol. The largest absolute Gasteiger partial charge is 0.382 e. The molecule has 4 nitrogen and oxygen atoms in total. The van der Waals surface area contributed by atoms with Crippen LogP contribution in [0.1, 0.15) is 19.8 Å². The van der Waals surface area contributed by atoms with Gasteiger partial charge in [-0.1, -0.05) is 13.0 Å². The van der Waals surface area contributed by atoms with E-state index in [9.17, 15) is 8.42 Å². The van der Waals surface area contributed by atoms with Gasteiger partial charge in [0, 0.05) is 11.7 Å². The fraction of sp³-hybridized carbons (Fsp3) is 0.500. The maximum atomic E-state index is 11.1. The Bertz CT molecular complexity index is 493. The van der Waals surface area contributed by atoms with Crippen molar-refractivity contribution < 1.29 is 8.42 Å². The van der Waals surface area contributed by atoms with Crippen molar-refractivity contribution in [3.05, 3.63) is 24.3 Å². The topological polar surface area (TPSA) is 58.2 Å². The molecule has 2 N–H and O–H groups in total. The zero-order chi connectivity index (χ0) is 12.5. The Labute approximate surface area is 102 Å². The molecule has 0 radical (unpaired) electrons. The zero-order valence-corrected chi connectivity index (χ0v) is 10.9. The van der Waals surface area contributed by atoms with Crippen molar-refractivity contribution in [1.29, 1.82) is 0 Å². The first kappa shape index (κ1) is 12.2. The zero-order valence-electron chi connectivity index (χ0n) is 10.1. The molecule has 0 spiro atoms. The second-order valence-electron chi connectivity index (χ2n) is 4.87. The fourth-order valence-electron chi connectivity index (χ4n) is 2.14. The van der Waals surface area contributed by atoms with Crippen LogP contribution in [0, 0.1) is 5.92 Å². The third kappa shape index (κ3) is 3.63. The van der Waals surface area contributed by atoms with Gasteiger partial charge in [-0.05, 0) is 37.0 Å². The lowest BCUT2D eigenvalue weighted by Crippen LogP contribution is -2.33. The maximum Gasteiger partial charge on any atom is 0.229 e. The lowest BCUT2D eigenvalue weighted by molar-refractivity contribution is 0.309. The summed E-state index contributed by atoms with van der Waals surface area (Å²) in [5.41, 5.74) is 1.57. The summed E-state index contributed by atoms with van der Waals surface area (Å²) in [6.07, 6.45) is 3.52. The third-order valence-corrected chi connectivity index (χ3v) is 3.52. The first-order chi connectivity index (χ1) is 7.92. The molecule has 1 aromatic carbocycles. The number of benzene rings is 1. The number of hydrogen-bond donors (Lipinski definition) is 2. The molecule has 1 aromatic rings.